The number of carbonyl (C=O) groups excluding carboxylic acids is 2. The first-order chi connectivity index (χ1) is 9.33. The molecule has 1 rings (SSSR count). The van der Waals surface area contributed by atoms with Crippen molar-refractivity contribution in [1.29, 1.82) is 0 Å². The number of nitrogens with one attached hydrogen (secondary N) is 2. The van der Waals surface area contributed by atoms with E-state index in [1.165, 1.54) is 0 Å². The van der Waals surface area contributed by atoms with Gasteiger partial charge in [0.25, 0.3) is 0 Å². The molecular formula is C15H22N2O3. The molecular weight excluding hydrogens is 256 g/mol. The molecule has 0 spiro atoms. The lowest BCUT2D eigenvalue weighted by molar-refractivity contribution is 0.0527. The molecule has 0 heterocycles. The van der Waals surface area contributed by atoms with Gasteiger partial charge in [-0.15, -0.1) is 0 Å². The van der Waals surface area contributed by atoms with E-state index in [9.17, 15) is 9.59 Å². The van der Waals surface area contributed by atoms with Gasteiger partial charge in [-0.2, -0.15) is 0 Å². The number of hydrogen-bond acceptors (Lipinski definition) is 3. The number of amides is 2. The molecule has 0 atom stereocenters. The summed E-state index contributed by atoms with van der Waals surface area (Å²) in [4.78, 5) is 23.6. The van der Waals surface area contributed by atoms with E-state index in [1.807, 2.05) is 20.8 Å². The molecule has 0 unspecified atom stereocenters. The van der Waals surface area contributed by atoms with Crippen molar-refractivity contribution in [3.8, 4) is 0 Å². The minimum absolute atomic E-state index is 0.00199. The van der Waals surface area contributed by atoms with Crippen molar-refractivity contribution >= 4 is 17.7 Å². The highest BCUT2D eigenvalue weighted by Gasteiger charge is 2.15. The van der Waals surface area contributed by atoms with Gasteiger partial charge in [0.1, 0.15) is 0 Å². The molecule has 2 amide bonds. The summed E-state index contributed by atoms with van der Waals surface area (Å²) >= 11 is 0. The number of rotatable bonds is 4. The van der Waals surface area contributed by atoms with E-state index in [4.69, 9.17) is 4.74 Å². The third-order valence-electron chi connectivity index (χ3n) is 2.45. The average molecular weight is 278 g/mol. The monoisotopic (exact) mass is 278 g/mol. The van der Waals surface area contributed by atoms with Crippen LogP contribution in [0.1, 0.15) is 38.1 Å². The Morgan fingerprint density at radius 2 is 1.85 bits per heavy atom. The van der Waals surface area contributed by atoms with Gasteiger partial charge in [-0.05, 0) is 24.5 Å². The second-order valence-corrected chi connectivity index (χ2v) is 5.63. The van der Waals surface area contributed by atoms with Crippen LogP contribution < -0.4 is 10.6 Å². The van der Waals surface area contributed by atoms with Crippen LogP contribution in [0.25, 0.3) is 0 Å². The molecule has 1 aromatic carbocycles. The highest BCUT2D eigenvalue weighted by Crippen LogP contribution is 2.16. The number of anilines is 1. The zero-order chi connectivity index (χ0) is 15.2. The largest absolute Gasteiger partial charge is 0.462 e. The number of urea groups is 1. The lowest BCUT2D eigenvalue weighted by Crippen LogP contribution is -2.35. The van der Waals surface area contributed by atoms with E-state index in [0.29, 0.717) is 24.4 Å². The summed E-state index contributed by atoms with van der Waals surface area (Å²) < 4.78 is 4.95. The van der Waals surface area contributed by atoms with Gasteiger partial charge in [-0.1, -0.05) is 32.9 Å². The maximum atomic E-state index is 11.8. The van der Waals surface area contributed by atoms with E-state index in [0.717, 1.165) is 0 Å². The topological polar surface area (TPSA) is 67.4 Å². The minimum Gasteiger partial charge on any atom is -0.462 e. The second-order valence-electron chi connectivity index (χ2n) is 5.63. The Bertz CT molecular complexity index is 478. The Labute approximate surface area is 119 Å². The molecule has 0 bridgehead atoms. The normalized spacial score (nSPS) is 10.8. The van der Waals surface area contributed by atoms with Gasteiger partial charge < -0.3 is 15.4 Å². The highest BCUT2D eigenvalue weighted by atomic mass is 16.5. The molecule has 0 fully saturated rings. The SMILES string of the molecule is CCOC(=O)c1ccccc1NC(=O)NCC(C)(C)C. The first kappa shape index (κ1) is 16.0. The van der Waals surface area contributed by atoms with E-state index in [-0.39, 0.29) is 11.4 Å². The van der Waals surface area contributed by atoms with Gasteiger partial charge >= 0.3 is 12.0 Å². The van der Waals surface area contributed by atoms with Gasteiger partial charge in [-0.3, -0.25) is 0 Å². The molecule has 5 nitrogen and oxygen atoms in total. The summed E-state index contributed by atoms with van der Waals surface area (Å²) in [6.45, 7) is 8.66. The van der Waals surface area contributed by atoms with Gasteiger partial charge in [0, 0.05) is 6.54 Å². The summed E-state index contributed by atoms with van der Waals surface area (Å²) in [6.07, 6.45) is 0. The van der Waals surface area contributed by atoms with Gasteiger partial charge in [-0.25, -0.2) is 9.59 Å². The summed E-state index contributed by atoms with van der Waals surface area (Å²) in [5, 5.41) is 5.44. The maximum absolute atomic E-state index is 11.8. The number of hydrogen-bond donors (Lipinski definition) is 2. The Hall–Kier alpha value is -2.04. The van der Waals surface area contributed by atoms with Crippen LogP contribution in [0, 0.1) is 5.41 Å². The molecule has 0 saturated carbocycles. The van der Waals surface area contributed by atoms with E-state index >= 15 is 0 Å². The summed E-state index contributed by atoms with van der Waals surface area (Å²) in [6, 6.07) is 6.43. The van der Waals surface area contributed by atoms with Crippen LogP contribution in [-0.4, -0.2) is 25.2 Å². The van der Waals surface area contributed by atoms with E-state index in [2.05, 4.69) is 10.6 Å². The first-order valence-electron chi connectivity index (χ1n) is 6.64. The fourth-order valence-corrected chi connectivity index (χ4v) is 1.49. The molecule has 0 aliphatic rings. The van der Waals surface area contributed by atoms with Crippen molar-refractivity contribution in [1.82, 2.24) is 5.32 Å². The Balaban J connectivity index is 2.72. The van der Waals surface area contributed by atoms with Crippen LogP contribution in [0.15, 0.2) is 24.3 Å². The van der Waals surface area contributed by atoms with Crippen molar-refractivity contribution in [3.63, 3.8) is 0 Å². The maximum Gasteiger partial charge on any atom is 0.340 e. The standard InChI is InChI=1S/C15H22N2O3/c1-5-20-13(18)11-8-6-7-9-12(11)17-14(19)16-10-15(2,3)4/h6-9H,5,10H2,1-4H3,(H2,16,17,19). The number of ether oxygens (including phenoxy) is 1. The number of para-hydroxylation sites is 1. The molecule has 2 N–H and O–H groups in total. The van der Waals surface area contributed by atoms with Crippen LogP contribution in [0.4, 0.5) is 10.5 Å². The van der Waals surface area contributed by atoms with Crippen molar-refractivity contribution in [2.75, 3.05) is 18.5 Å². The lowest BCUT2D eigenvalue weighted by Gasteiger charge is -2.19. The van der Waals surface area contributed by atoms with Gasteiger partial charge in [0.05, 0.1) is 17.9 Å². The zero-order valence-corrected chi connectivity index (χ0v) is 12.4. The zero-order valence-electron chi connectivity index (χ0n) is 12.4. The van der Waals surface area contributed by atoms with Crippen LogP contribution in [-0.2, 0) is 4.74 Å². The molecule has 1 aromatic rings. The Morgan fingerprint density at radius 3 is 2.45 bits per heavy atom. The van der Waals surface area contributed by atoms with Gasteiger partial charge in [0.2, 0.25) is 0 Å². The van der Waals surface area contributed by atoms with E-state index in [1.54, 1.807) is 31.2 Å². The molecule has 0 aliphatic carbocycles. The Morgan fingerprint density at radius 1 is 1.20 bits per heavy atom. The average Bonchev–Trinajstić information content (AvgIpc) is 2.36. The number of carbonyl (C=O) groups is 2. The number of esters is 1. The smallest absolute Gasteiger partial charge is 0.340 e. The Kier molecular flexibility index (Phi) is 5.55. The second kappa shape index (κ2) is 6.93. The summed E-state index contributed by atoms with van der Waals surface area (Å²) in [5.41, 5.74) is 0.787. The summed E-state index contributed by atoms with van der Waals surface area (Å²) in [5.74, 6) is -0.445. The molecule has 0 aliphatic heterocycles. The molecule has 0 aromatic heterocycles. The minimum atomic E-state index is -0.445. The number of benzene rings is 1. The molecule has 110 valence electrons. The van der Waals surface area contributed by atoms with Crippen LogP contribution >= 0.6 is 0 Å². The van der Waals surface area contributed by atoms with Crippen LogP contribution in [0.2, 0.25) is 0 Å². The molecule has 20 heavy (non-hydrogen) atoms. The first-order valence-corrected chi connectivity index (χ1v) is 6.64. The van der Waals surface area contributed by atoms with E-state index < -0.39 is 5.97 Å². The van der Waals surface area contributed by atoms with Crippen molar-refractivity contribution in [3.05, 3.63) is 29.8 Å². The summed E-state index contributed by atoms with van der Waals surface area (Å²) in [7, 11) is 0. The molecule has 5 heteroatoms. The molecule has 0 radical (unpaired) electrons. The van der Waals surface area contributed by atoms with Crippen molar-refractivity contribution < 1.29 is 14.3 Å². The quantitative estimate of drug-likeness (QED) is 0.832. The predicted molar refractivity (Wildman–Crippen MR) is 78.9 cm³/mol. The highest BCUT2D eigenvalue weighted by molar-refractivity contribution is 6.00. The van der Waals surface area contributed by atoms with Crippen molar-refractivity contribution in [2.24, 2.45) is 5.41 Å². The molecule has 0 saturated heterocycles. The van der Waals surface area contributed by atoms with Crippen LogP contribution in [0.5, 0.6) is 0 Å². The third kappa shape index (κ3) is 5.30. The third-order valence-corrected chi connectivity index (χ3v) is 2.45. The lowest BCUT2D eigenvalue weighted by atomic mass is 9.97. The fourth-order valence-electron chi connectivity index (χ4n) is 1.49. The van der Waals surface area contributed by atoms with Gasteiger partial charge in [0.15, 0.2) is 0 Å². The fraction of sp³-hybridized carbons (Fsp3) is 0.467. The van der Waals surface area contributed by atoms with Crippen molar-refractivity contribution in [2.45, 2.75) is 27.7 Å². The predicted octanol–water partition coefficient (Wildman–Crippen LogP) is 3.03. The van der Waals surface area contributed by atoms with Crippen LogP contribution in [0.3, 0.4) is 0 Å².